The first-order valence-corrected chi connectivity index (χ1v) is 9.36. The largest absolute Gasteiger partial charge is 0.326 e. The number of rotatable bonds is 6. The van der Waals surface area contributed by atoms with E-state index in [9.17, 15) is 8.42 Å². The predicted octanol–water partition coefficient (Wildman–Crippen LogP) is 2.05. The van der Waals surface area contributed by atoms with Crippen molar-refractivity contribution in [2.75, 3.05) is 6.54 Å². The molecule has 0 aliphatic carbocycles. The lowest BCUT2D eigenvalue weighted by molar-refractivity contribution is 0.573. The van der Waals surface area contributed by atoms with Crippen LogP contribution >= 0.6 is 22.7 Å². The first-order chi connectivity index (χ1) is 9.45. The van der Waals surface area contributed by atoms with Gasteiger partial charge < -0.3 is 5.73 Å². The first kappa shape index (κ1) is 15.6. The Kier molecular flexibility index (Phi) is 4.92. The van der Waals surface area contributed by atoms with Crippen molar-refractivity contribution in [3.63, 3.8) is 0 Å². The topological polar surface area (TPSA) is 85.1 Å². The van der Waals surface area contributed by atoms with Gasteiger partial charge in [0.25, 0.3) is 0 Å². The average molecular weight is 331 g/mol. The zero-order valence-electron chi connectivity index (χ0n) is 11.3. The van der Waals surface area contributed by atoms with Crippen molar-refractivity contribution in [2.24, 2.45) is 5.73 Å². The van der Waals surface area contributed by atoms with E-state index in [2.05, 4.69) is 9.71 Å². The number of nitrogens with one attached hydrogen (secondary N) is 1. The number of aromatic nitrogens is 1. The molecule has 0 bridgehead atoms. The van der Waals surface area contributed by atoms with E-state index in [0.717, 1.165) is 10.6 Å². The van der Waals surface area contributed by atoms with Crippen molar-refractivity contribution >= 4 is 32.7 Å². The molecule has 0 aliphatic heterocycles. The van der Waals surface area contributed by atoms with Crippen LogP contribution in [0.15, 0.2) is 21.9 Å². The fraction of sp³-hybridized carbons (Fsp3) is 0.417. The van der Waals surface area contributed by atoms with Crippen molar-refractivity contribution < 1.29 is 8.42 Å². The van der Waals surface area contributed by atoms with Crippen molar-refractivity contribution in [1.82, 2.24) is 9.71 Å². The first-order valence-electron chi connectivity index (χ1n) is 6.11. The molecule has 2 heterocycles. The van der Waals surface area contributed by atoms with Crippen LogP contribution in [0.5, 0.6) is 0 Å². The Hall–Kier alpha value is -0.800. The van der Waals surface area contributed by atoms with Crippen LogP contribution in [-0.2, 0) is 16.6 Å². The van der Waals surface area contributed by atoms with Crippen molar-refractivity contribution in [1.29, 1.82) is 0 Å². The summed E-state index contributed by atoms with van der Waals surface area (Å²) < 4.78 is 27.4. The molecule has 0 saturated heterocycles. The molecule has 8 heteroatoms. The van der Waals surface area contributed by atoms with E-state index in [1.165, 1.54) is 22.7 Å². The van der Waals surface area contributed by atoms with Crippen molar-refractivity contribution in [3.8, 4) is 0 Å². The Bertz CT molecular complexity index is 662. The minimum Gasteiger partial charge on any atom is -0.326 e. The zero-order chi connectivity index (χ0) is 14.8. The summed E-state index contributed by atoms with van der Waals surface area (Å²) in [5, 5.41) is 4.63. The minimum absolute atomic E-state index is 0.0463. The highest BCUT2D eigenvalue weighted by Gasteiger charge is 2.23. The van der Waals surface area contributed by atoms with Gasteiger partial charge in [-0.3, -0.25) is 0 Å². The van der Waals surface area contributed by atoms with Crippen LogP contribution in [0.25, 0.3) is 0 Å². The fourth-order valence-corrected chi connectivity index (χ4v) is 5.39. The van der Waals surface area contributed by atoms with Crippen LogP contribution in [-0.4, -0.2) is 19.9 Å². The standard InChI is InChI=1S/C12H17N3O2S3/c1-8(12-14-3-4-18-12)6-15-20(16,17)11-9(2)7-19-10(11)5-13/h3-4,7-8,15H,5-6,13H2,1-2H3. The molecule has 110 valence electrons. The molecule has 0 aromatic carbocycles. The van der Waals surface area contributed by atoms with Gasteiger partial charge in [-0.25, -0.2) is 18.1 Å². The van der Waals surface area contributed by atoms with E-state index in [0.29, 0.717) is 16.3 Å². The Balaban J connectivity index is 2.13. The molecule has 0 radical (unpaired) electrons. The maximum atomic E-state index is 12.4. The summed E-state index contributed by atoms with van der Waals surface area (Å²) in [6, 6.07) is 0. The molecule has 20 heavy (non-hydrogen) atoms. The van der Waals surface area contributed by atoms with E-state index in [-0.39, 0.29) is 12.5 Å². The third-order valence-corrected chi connectivity index (χ3v) is 6.81. The number of thiophene rings is 1. The molecule has 2 aromatic rings. The van der Waals surface area contributed by atoms with Gasteiger partial charge in [-0.2, -0.15) is 0 Å². The lowest BCUT2D eigenvalue weighted by Crippen LogP contribution is -2.28. The van der Waals surface area contributed by atoms with Gasteiger partial charge in [-0.15, -0.1) is 22.7 Å². The number of hydrogen-bond donors (Lipinski definition) is 2. The van der Waals surface area contributed by atoms with Crippen molar-refractivity contribution in [3.05, 3.63) is 32.4 Å². The van der Waals surface area contributed by atoms with Gasteiger partial charge in [0.2, 0.25) is 10.0 Å². The van der Waals surface area contributed by atoms with Gasteiger partial charge in [0.05, 0.1) is 5.01 Å². The average Bonchev–Trinajstić information content (AvgIpc) is 3.05. The molecular formula is C12H17N3O2S3. The van der Waals surface area contributed by atoms with Crippen LogP contribution in [0, 0.1) is 6.92 Å². The Labute approximate surface area is 126 Å². The van der Waals surface area contributed by atoms with E-state index in [1.807, 2.05) is 17.7 Å². The van der Waals surface area contributed by atoms with Crippen molar-refractivity contribution in [2.45, 2.75) is 31.2 Å². The molecule has 1 unspecified atom stereocenters. The molecule has 0 fully saturated rings. The summed E-state index contributed by atoms with van der Waals surface area (Å²) in [5.41, 5.74) is 6.34. The second-order valence-corrected chi connectivity index (χ2v) is 8.09. The summed E-state index contributed by atoms with van der Waals surface area (Å²) in [7, 11) is -3.52. The molecule has 1 atom stereocenters. The quantitative estimate of drug-likeness (QED) is 0.848. The summed E-state index contributed by atoms with van der Waals surface area (Å²) in [4.78, 5) is 5.22. The number of aryl methyl sites for hydroxylation is 1. The highest BCUT2D eigenvalue weighted by Crippen LogP contribution is 2.26. The lowest BCUT2D eigenvalue weighted by Gasteiger charge is -2.12. The summed E-state index contributed by atoms with van der Waals surface area (Å²) in [5.74, 6) is 0.0463. The molecule has 3 N–H and O–H groups in total. The number of thiazole rings is 1. The monoisotopic (exact) mass is 331 g/mol. The summed E-state index contributed by atoms with van der Waals surface area (Å²) >= 11 is 2.91. The third-order valence-electron chi connectivity index (χ3n) is 2.90. The summed E-state index contributed by atoms with van der Waals surface area (Å²) in [6.07, 6.45) is 1.72. The van der Waals surface area contributed by atoms with Gasteiger partial charge in [0.15, 0.2) is 0 Å². The zero-order valence-corrected chi connectivity index (χ0v) is 13.7. The van der Waals surface area contributed by atoms with Crippen LogP contribution in [0.1, 0.15) is 28.3 Å². The Morgan fingerprint density at radius 3 is 2.80 bits per heavy atom. The van der Waals surface area contributed by atoms with Crippen LogP contribution in [0.2, 0.25) is 0 Å². The maximum absolute atomic E-state index is 12.4. The molecule has 0 amide bonds. The van der Waals surface area contributed by atoms with Crippen LogP contribution in [0.3, 0.4) is 0 Å². The number of hydrogen-bond acceptors (Lipinski definition) is 6. The molecule has 0 spiro atoms. The maximum Gasteiger partial charge on any atom is 0.242 e. The SMILES string of the molecule is Cc1csc(CN)c1S(=O)(=O)NCC(C)c1nccs1. The van der Waals surface area contributed by atoms with Gasteiger partial charge >= 0.3 is 0 Å². The van der Waals surface area contributed by atoms with E-state index < -0.39 is 10.0 Å². The highest BCUT2D eigenvalue weighted by molar-refractivity contribution is 7.89. The van der Waals surface area contributed by atoms with E-state index >= 15 is 0 Å². The molecule has 0 saturated carbocycles. The molecule has 5 nitrogen and oxygen atoms in total. The van der Waals surface area contributed by atoms with Crippen LogP contribution in [0.4, 0.5) is 0 Å². The molecular weight excluding hydrogens is 314 g/mol. The van der Waals surface area contributed by atoms with Gasteiger partial charge in [-0.05, 0) is 17.9 Å². The summed E-state index contributed by atoms with van der Waals surface area (Å²) in [6.45, 7) is 4.30. The second-order valence-electron chi connectivity index (χ2n) is 4.50. The Morgan fingerprint density at radius 2 is 2.20 bits per heavy atom. The Morgan fingerprint density at radius 1 is 1.45 bits per heavy atom. The predicted molar refractivity (Wildman–Crippen MR) is 82.7 cm³/mol. The number of nitrogens with two attached hydrogens (primary N) is 1. The van der Waals surface area contributed by atoms with E-state index in [1.54, 1.807) is 13.1 Å². The normalized spacial score (nSPS) is 13.6. The molecule has 0 aliphatic rings. The fourth-order valence-electron chi connectivity index (χ4n) is 1.86. The third kappa shape index (κ3) is 3.26. The lowest BCUT2D eigenvalue weighted by atomic mass is 10.2. The smallest absolute Gasteiger partial charge is 0.242 e. The van der Waals surface area contributed by atoms with Gasteiger partial charge in [0, 0.05) is 35.5 Å². The van der Waals surface area contributed by atoms with Crippen LogP contribution < -0.4 is 10.5 Å². The van der Waals surface area contributed by atoms with Gasteiger partial charge in [0.1, 0.15) is 4.90 Å². The molecule has 2 aromatic heterocycles. The minimum atomic E-state index is -3.52. The van der Waals surface area contributed by atoms with Gasteiger partial charge in [-0.1, -0.05) is 6.92 Å². The second kappa shape index (κ2) is 6.31. The molecule has 2 rings (SSSR count). The number of nitrogens with zero attached hydrogens (tertiary/aromatic N) is 1. The highest BCUT2D eigenvalue weighted by atomic mass is 32.2. The number of sulfonamides is 1. The van der Waals surface area contributed by atoms with E-state index in [4.69, 9.17) is 5.73 Å².